The molecule has 1 aromatic heterocycles. The molecule has 1 amide bonds. The molecule has 1 aromatic rings. The predicted molar refractivity (Wildman–Crippen MR) is 71.7 cm³/mol. The summed E-state index contributed by atoms with van der Waals surface area (Å²) in [6, 6.07) is 0. The fraction of sp³-hybridized carbons (Fsp3) is 0.538. The summed E-state index contributed by atoms with van der Waals surface area (Å²) in [5.41, 5.74) is 6.32. The van der Waals surface area contributed by atoms with Crippen LogP contribution in [0.25, 0.3) is 0 Å². The van der Waals surface area contributed by atoms with Gasteiger partial charge in [-0.3, -0.25) is 9.89 Å². The van der Waals surface area contributed by atoms with Crippen molar-refractivity contribution in [3.63, 3.8) is 0 Å². The van der Waals surface area contributed by atoms with Crippen molar-refractivity contribution in [3.8, 4) is 0 Å². The van der Waals surface area contributed by atoms with Gasteiger partial charge in [0.2, 0.25) is 0 Å². The van der Waals surface area contributed by atoms with E-state index < -0.39 is 17.7 Å². The molecule has 1 aliphatic heterocycles. The summed E-state index contributed by atoms with van der Waals surface area (Å²) in [6.07, 6.45) is -1.97. The molecular formula is C13H17F3N4O. The number of nitrogens with zero attached hydrogens (tertiary/aromatic N) is 2. The Morgan fingerprint density at radius 3 is 2.76 bits per heavy atom. The Kier molecular flexibility index (Phi) is 4.24. The average Bonchev–Trinajstić information content (AvgIpc) is 2.79. The number of anilines is 1. The monoisotopic (exact) mass is 302 g/mol. The van der Waals surface area contributed by atoms with Crippen LogP contribution in [0.3, 0.4) is 0 Å². The molecule has 5 nitrogen and oxygen atoms in total. The quantitative estimate of drug-likeness (QED) is 0.841. The molecule has 0 saturated carbocycles. The van der Waals surface area contributed by atoms with Crippen LogP contribution in [0.15, 0.2) is 11.6 Å². The van der Waals surface area contributed by atoms with Crippen molar-refractivity contribution in [1.29, 1.82) is 0 Å². The van der Waals surface area contributed by atoms with Crippen molar-refractivity contribution in [2.75, 3.05) is 18.8 Å². The minimum Gasteiger partial charge on any atom is -0.395 e. The van der Waals surface area contributed by atoms with E-state index in [-0.39, 0.29) is 30.9 Å². The van der Waals surface area contributed by atoms with Gasteiger partial charge in [0.1, 0.15) is 0 Å². The van der Waals surface area contributed by atoms with E-state index in [2.05, 4.69) is 10.2 Å². The van der Waals surface area contributed by atoms with Crippen LogP contribution in [0.4, 0.5) is 18.9 Å². The van der Waals surface area contributed by atoms with Gasteiger partial charge in [-0.25, -0.2) is 0 Å². The van der Waals surface area contributed by atoms with E-state index >= 15 is 0 Å². The number of aromatic nitrogens is 2. The van der Waals surface area contributed by atoms with Crippen LogP contribution in [0.1, 0.15) is 35.9 Å². The highest BCUT2D eigenvalue weighted by Gasteiger charge is 2.36. The van der Waals surface area contributed by atoms with Crippen LogP contribution >= 0.6 is 0 Å². The van der Waals surface area contributed by atoms with Crippen molar-refractivity contribution in [3.05, 3.63) is 23.0 Å². The first-order valence-electron chi connectivity index (χ1n) is 6.72. The Morgan fingerprint density at radius 2 is 2.24 bits per heavy atom. The van der Waals surface area contributed by atoms with Gasteiger partial charge < -0.3 is 10.6 Å². The molecule has 3 N–H and O–H groups in total. The molecule has 2 rings (SSSR count). The number of nitrogen functional groups attached to an aromatic ring is 1. The van der Waals surface area contributed by atoms with E-state index in [1.807, 2.05) is 6.92 Å². The topological polar surface area (TPSA) is 75.0 Å². The molecule has 0 fully saturated rings. The smallest absolute Gasteiger partial charge is 0.395 e. The Labute approximate surface area is 120 Å². The lowest BCUT2D eigenvalue weighted by Crippen LogP contribution is -2.37. The largest absolute Gasteiger partial charge is 0.412 e. The second kappa shape index (κ2) is 5.79. The molecule has 8 heteroatoms. The number of amides is 1. The molecule has 0 aromatic carbocycles. The number of halogens is 3. The number of H-pyrrole nitrogens is 1. The first-order valence-corrected chi connectivity index (χ1v) is 6.72. The average molecular weight is 302 g/mol. The van der Waals surface area contributed by atoms with Crippen LogP contribution in [0, 0.1) is 0 Å². The lowest BCUT2D eigenvalue weighted by atomic mass is 10.1. The highest BCUT2D eigenvalue weighted by atomic mass is 19.4. The number of hydrogen-bond acceptors (Lipinski definition) is 3. The van der Waals surface area contributed by atoms with Crippen molar-refractivity contribution in [2.45, 2.75) is 32.4 Å². The number of carbonyl (C=O) groups excluding carboxylic acids is 1. The second-order valence-electron chi connectivity index (χ2n) is 4.94. The number of rotatable bonds is 3. The number of hydrogen-bond donors (Lipinski definition) is 2. The molecule has 0 atom stereocenters. The van der Waals surface area contributed by atoms with Crippen LogP contribution in [0.5, 0.6) is 0 Å². The summed E-state index contributed by atoms with van der Waals surface area (Å²) in [4.78, 5) is 13.6. The van der Waals surface area contributed by atoms with Gasteiger partial charge in [0.15, 0.2) is 5.69 Å². The fourth-order valence-electron chi connectivity index (χ4n) is 2.25. The Balaban J connectivity index is 2.11. The third-order valence-electron chi connectivity index (χ3n) is 3.45. The van der Waals surface area contributed by atoms with E-state index in [0.717, 1.165) is 12.5 Å². The van der Waals surface area contributed by atoms with Crippen molar-refractivity contribution < 1.29 is 18.0 Å². The first kappa shape index (κ1) is 15.4. The zero-order valence-electron chi connectivity index (χ0n) is 11.6. The van der Waals surface area contributed by atoms with E-state index in [1.165, 1.54) is 4.90 Å². The van der Waals surface area contributed by atoms with Gasteiger partial charge in [0, 0.05) is 18.7 Å². The molecule has 0 unspecified atom stereocenters. The van der Waals surface area contributed by atoms with Gasteiger partial charge in [-0.1, -0.05) is 19.4 Å². The molecule has 116 valence electrons. The van der Waals surface area contributed by atoms with E-state index in [0.29, 0.717) is 12.1 Å². The van der Waals surface area contributed by atoms with E-state index in [4.69, 9.17) is 5.73 Å². The number of alkyl halides is 3. The Hall–Kier alpha value is -1.99. The van der Waals surface area contributed by atoms with Crippen molar-refractivity contribution in [1.82, 2.24) is 15.1 Å². The van der Waals surface area contributed by atoms with E-state index in [1.54, 1.807) is 0 Å². The Bertz CT molecular complexity index is 562. The third-order valence-corrected chi connectivity index (χ3v) is 3.45. The molecule has 0 spiro atoms. The Morgan fingerprint density at radius 1 is 1.52 bits per heavy atom. The molecule has 0 saturated heterocycles. The summed E-state index contributed by atoms with van der Waals surface area (Å²) in [6.45, 7) is 1.90. The minimum atomic E-state index is -4.32. The van der Waals surface area contributed by atoms with Crippen molar-refractivity contribution >= 4 is 11.6 Å². The minimum absolute atomic E-state index is 0.0135. The lowest BCUT2D eigenvalue weighted by molar-refractivity contribution is -0.0957. The summed E-state index contributed by atoms with van der Waals surface area (Å²) in [7, 11) is 0. The lowest BCUT2D eigenvalue weighted by Gasteiger charge is -2.26. The third kappa shape index (κ3) is 3.20. The number of nitrogens with two attached hydrogens (primary N) is 1. The van der Waals surface area contributed by atoms with Gasteiger partial charge in [-0.15, -0.1) is 0 Å². The van der Waals surface area contributed by atoms with Gasteiger partial charge in [-0.05, 0) is 12.8 Å². The van der Waals surface area contributed by atoms with Crippen LogP contribution < -0.4 is 5.73 Å². The molecule has 2 heterocycles. The maximum atomic E-state index is 12.5. The summed E-state index contributed by atoms with van der Waals surface area (Å²) < 4.78 is 37.6. The number of aromatic amines is 1. The second-order valence-corrected chi connectivity index (χ2v) is 4.94. The number of aryl methyl sites for hydroxylation is 1. The summed E-state index contributed by atoms with van der Waals surface area (Å²) in [5, 5.41) is 6.60. The standard InChI is InChI=1S/C13H17F3N4O/c1-2-3-9-10(17)11(19-18-9)12(21)20-6-4-8(5-7-20)13(14,15)16/h4H,2-3,5-7,17H2,1H3,(H,18,19). The van der Waals surface area contributed by atoms with Gasteiger partial charge in [0.05, 0.1) is 11.4 Å². The zero-order chi connectivity index (χ0) is 15.6. The van der Waals surface area contributed by atoms with Gasteiger partial charge in [0.25, 0.3) is 5.91 Å². The van der Waals surface area contributed by atoms with Crippen LogP contribution in [0.2, 0.25) is 0 Å². The number of carbonyl (C=O) groups is 1. The molecule has 0 bridgehead atoms. The summed E-state index contributed by atoms with van der Waals surface area (Å²) >= 11 is 0. The maximum Gasteiger partial charge on any atom is 0.412 e. The highest BCUT2D eigenvalue weighted by molar-refractivity contribution is 5.97. The molecule has 1 aliphatic rings. The molecule has 0 radical (unpaired) electrons. The van der Waals surface area contributed by atoms with Gasteiger partial charge >= 0.3 is 6.18 Å². The van der Waals surface area contributed by atoms with Crippen LogP contribution in [-0.4, -0.2) is 40.3 Å². The van der Waals surface area contributed by atoms with E-state index in [9.17, 15) is 18.0 Å². The molecule has 21 heavy (non-hydrogen) atoms. The van der Waals surface area contributed by atoms with Crippen LogP contribution in [-0.2, 0) is 6.42 Å². The molecular weight excluding hydrogens is 285 g/mol. The normalized spacial score (nSPS) is 16.0. The maximum absolute atomic E-state index is 12.5. The van der Waals surface area contributed by atoms with Crippen molar-refractivity contribution in [2.24, 2.45) is 0 Å². The predicted octanol–water partition coefficient (Wildman–Crippen LogP) is 2.28. The fourth-order valence-corrected chi connectivity index (χ4v) is 2.25. The van der Waals surface area contributed by atoms with Gasteiger partial charge in [-0.2, -0.15) is 18.3 Å². The zero-order valence-corrected chi connectivity index (χ0v) is 11.6. The summed E-state index contributed by atoms with van der Waals surface area (Å²) in [5.74, 6) is -0.441. The SMILES string of the molecule is CCCc1[nH]nc(C(=O)N2CC=C(C(F)(F)F)CC2)c1N. The highest BCUT2D eigenvalue weighted by Crippen LogP contribution is 2.30. The number of nitrogens with one attached hydrogen (secondary N) is 1. The first-order chi connectivity index (χ1) is 9.84. The molecule has 0 aliphatic carbocycles.